The van der Waals surface area contributed by atoms with Gasteiger partial charge < -0.3 is 4.74 Å². The lowest BCUT2D eigenvalue weighted by Gasteiger charge is -2.21. The number of rotatable bonds is 0. The van der Waals surface area contributed by atoms with E-state index in [0.29, 0.717) is 0 Å². The minimum absolute atomic E-state index is 0.959. The van der Waals surface area contributed by atoms with E-state index in [1.54, 1.807) is 0 Å². The fourth-order valence-electron chi connectivity index (χ4n) is 1.96. The SMILES string of the molecule is CC1=CC2=Cc3ccccc3OC2=CC1. The van der Waals surface area contributed by atoms with Crippen LogP contribution in [0.2, 0.25) is 0 Å². The van der Waals surface area contributed by atoms with Crippen LogP contribution in [-0.2, 0) is 0 Å². The van der Waals surface area contributed by atoms with Crippen LogP contribution in [0, 0.1) is 0 Å². The van der Waals surface area contributed by atoms with Crippen LogP contribution in [0.1, 0.15) is 18.9 Å². The second kappa shape index (κ2) is 3.13. The van der Waals surface area contributed by atoms with Gasteiger partial charge in [0.2, 0.25) is 0 Å². The highest BCUT2D eigenvalue weighted by molar-refractivity contribution is 5.70. The van der Waals surface area contributed by atoms with E-state index in [0.717, 1.165) is 23.5 Å². The number of hydrogen-bond acceptors (Lipinski definition) is 1. The maximum Gasteiger partial charge on any atom is 0.134 e. The molecule has 74 valence electrons. The maximum atomic E-state index is 5.83. The van der Waals surface area contributed by atoms with Gasteiger partial charge >= 0.3 is 0 Å². The summed E-state index contributed by atoms with van der Waals surface area (Å²) in [4.78, 5) is 0. The predicted octanol–water partition coefficient (Wildman–Crippen LogP) is 3.70. The molecule has 0 amide bonds. The maximum absolute atomic E-state index is 5.83. The van der Waals surface area contributed by atoms with E-state index < -0.39 is 0 Å². The van der Waals surface area contributed by atoms with Gasteiger partial charge in [-0.2, -0.15) is 0 Å². The number of ether oxygens (including phenoxy) is 1. The van der Waals surface area contributed by atoms with Crippen molar-refractivity contribution in [2.75, 3.05) is 0 Å². The highest BCUT2D eigenvalue weighted by Crippen LogP contribution is 2.34. The van der Waals surface area contributed by atoms with Crippen LogP contribution >= 0.6 is 0 Å². The molecule has 0 bridgehead atoms. The molecular weight excluding hydrogens is 184 g/mol. The first kappa shape index (κ1) is 8.54. The third-order valence-electron chi connectivity index (χ3n) is 2.75. The molecule has 0 N–H and O–H groups in total. The molecule has 1 nitrogen and oxygen atoms in total. The van der Waals surface area contributed by atoms with Crippen molar-refractivity contribution in [1.82, 2.24) is 0 Å². The minimum Gasteiger partial charge on any atom is -0.456 e. The number of hydrogen-bond donors (Lipinski definition) is 0. The zero-order valence-corrected chi connectivity index (χ0v) is 8.66. The van der Waals surface area contributed by atoms with Gasteiger partial charge in [-0.25, -0.2) is 0 Å². The van der Waals surface area contributed by atoms with Gasteiger partial charge in [-0.15, -0.1) is 0 Å². The topological polar surface area (TPSA) is 9.23 Å². The Labute approximate surface area is 89.4 Å². The van der Waals surface area contributed by atoms with Gasteiger partial charge in [0.05, 0.1) is 0 Å². The fraction of sp³-hybridized carbons (Fsp3) is 0.143. The van der Waals surface area contributed by atoms with Gasteiger partial charge in [0.1, 0.15) is 11.5 Å². The summed E-state index contributed by atoms with van der Waals surface area (Å²) in [6.07, 6.45) is 7.53. The Morgan fingerprint density at radius 2 is 2.00 bits per heavy atom. The second-order valence-corrected chi connectivity index (χ2v) is 4.00. The zero-order valence-electron chi connectivity index (χ0n) is 8.66. The molecule has 0 unspecified atom stereocenters. The van der Waals surface area contributed by atoms with E-state index in [1.807, 2.05) is 18.2 Å². The summed E-state index contributed by atoms with van der Waals surface area (Å²) in [5, 5.41) is 0. The normalized spacial score (nSPS) is 17.8. The van der Waals surface area contributed by atoms with Crippen LogP contribution in [0.25, 0.3) is 6.08 Å². The van der Waals surface area contributed by atoms with Gasteiger partial charge in [-0.1, -0.05) is 29.8 Å². The minimum atomic E-state index is 0.959. The lowest BCUT2D eigenvalue weighted by Crippen LogP contribution is -2.07. The molecule has 0 saturated heterocycles. The average molecular weight is 196 g/mol. The Hall–Kier alpha value is -1.76. The molecule has 1 aromatic carbocycles. The largest absolute Gasteiger partial charge is 0.456 e. The Morgan fingerprint density at radius 1 is 1.13 bits per heavy atom. The van der Waals surface area contributed by atoms with E-state index in [9.17, 15) is 0 Å². The van der Waals surface area contributed by atoms with Gasteiger partial charge in [0.15, 0.2) is 0 Å². The van der Waals surface area contributed by atoms with Crippen molar-refractivity contribution in [3.05, 3.63) is 58.9 Å². The van der Waals surface area contributed by atoms with Crippen LogP contribution in [-0.4, -0.2) is 0 Å². The molecule has 3 rings (SSSR count). The van der Waals surface area contributed by atoms with Crippen molar-refractivity contribution in [2.45, 2.75) is 13.3 Å². The van der Waals surface area contributed by atoms with Crippen molar-refractivity contribution < 1.29 is 4.74 Å². The number of fused-ring (bicyclic) bond motifs is 2. The molecule has 2 aliphatic rings. The Bertz CT molecular complexity index is 504. The lowest BCUT2D eigenvalue weighted by molar-refractivity contribution is 0.430. The molecule has 0 radical (unpaired) electrons. The van der Waals surface area contributed by atoms with Crippen LogP contribution in [0.5, 0.6) is 5.75 Å². The molecule has 0 aromatic heterocycles. The molecule has 1 aliphatic carbocycles. The molecule has 1 aliphatic heterocycles. The summed E-state index contributed by atoms with van der Waals surface area (Å²) in [6, 6.07) is 8.13. The average Bonchev–Trinajstić information content (AvgIpc) is 2.26. The van der Waals surface area contributed by atoms with Gasteiger partial charge in [0.25, 0.3) is 0 Å². The standard InChI is InChI=1S/C14H12O/c1-10-6-7-14-12(8-10)9-11-4-2-3-5-13(11)15-14/h2-5,7-9H,6H2,1H3. The number of para-hydroxylation sites is 1. The first-order valence-electron chi connectivity index (χ1n) is 5.19. The molecule has 1 aromatic rings. The highest BCUT2D eigenvalue weighted by Gasteiger charge is 2.17. The molecule has 0 fully saturated rings. The van der Waals surface area contributed by atoms with Crippen molar-refractivity contribution in [2.24, 2.45) is 0 Å². The fourth-order valence-corrected chi connectivity index (χ4v) is 1.96. The molecule has 0 spiro atoms. The van der Waals surface area contributed by atoms with Crippen molar-refractivity contribution in [3.63, 3.8) is 0 Å². The second-order valence-electron chi connectivity index (χ2n) is 4.00. The van der Waals surface area contributed by atoms with Crippen LogP contribution in [0.3, 0.4) is 0 Å². The monoisotopic (exact) mass is 196 g/mol. The smallest absolute Gasteiger partial charge is 0.134 e. The Morgan fingerprint density at radius 3 is 2.93 bits per heavy atom. The summed E-state index contributed by atoms with van der Waals surface area (Å²) in [5.41, 5.74) is 3.74. The third kappa shape index (κ3) is 1.40. The highest BCUT2D eigenvalue weighted by atomic mass is 16.5. The number of benzene rings is 1. The van der Waals surface area contributed by atoms with E-state index in [1.165, 1.54) is 11.1 Å². The molecule has 0 saturated carbocycles. The first-order chi connectivity index (χ1) is 7.33. The van der Waals surface area contributed by atoms with Gasteiger partial charge in [0, 0.05) is 11.1 Å². The molecular formula is C14H12O. The van der Waals surface area contributed by atoms with Crippen molar-refractivity contribution in [1.29, 1.82) is 0 Å². The van der Waals surface area contributed by atoms with Crippen LogP contribution in [0.4, 0.5) is 0 Å². The van der Waals surface area contributed by atoms with E-state index in [4.69, 9.17) is 4.74 Å². The van der Waals surface area contributed by atoms with Crippen molar-refractivity contribution in [3.8, 4) is 5.75 Å². The number of allylic oxidation sites excluding steroid dienone is 3. The van der Waals surface area contributed by atoms with Crippen LogP contribution in [0.15, 0.2) is 53.3 Å². The van der Waals surface area contributed by atoms with Gasteiger partial charge in [-0.05, 0) is 31.6 Å². The zero-order chi connectivity index (χ0) is 10.3. The van der Waals surface area contributed by atoms with Crippen molar-refractivity contribution >= 4 is 6.08 Å². The van der Waals surface area contributed by atoms with Crippen LogP contribution < -0.4 is 4.74 Å². The van der Waals surface area contributed by atoms with E-state index in [2.05, 4.69) is 31.2 Å². The third-order valence-corrected chi connectivity index (χ3v) is 2.75. The molecule has 15 heavy (non-hydrogen) atoms. The first-order valence-corrected chi connectivity index (χ1v) is 5.19. The summed E-state index contributed by atoms with van der Waals surface area (Å²) in [6.45, 7) is 2.15. The van der Waals surface area contributed by atoms with E-state index in [-0.39, 0.29) is 0 Å². The molecule has 0 atom stereocenters. The van der Waals surface area contributed by atoms with E-state index >= 15 is 0 Å². The quantitative estimate of drug-likeness (QED) is 0.614. The lowest BCUT2D eigenvalue weighted by atomic mass is 9.97. The summed E-state index contributed by atoms with van der Waals surface area (Å²) in [5.74, 6) is 1.96. The summed E-state index contributed by atoms with van der Waals surface area (Å²) >= 11 is 0. The summed E-state index contributed by atoms with van der Waals surface area (Å²) in [7, 11) is 0. The predicted molar refractivity (Wildman–Crippen MR) is 61.5 cm³/mol. The Balaban J connectivity index is 2.14. The Kier molecular flexibility index (Phi) is 1.78. The molecule has 1 heteroatoms. The molecule has 1 heterocycles. The summed E-state index contributed by atoms with van der Waals surface area (Å²) < 4.78 is 5.83. The van der Waals surface area contributed by atoms with Gasteiger partial charge in [-0.3, -0.25) is 0 Å².